The Labute approximate surface area is 94.0 Å². The molecule has 0 unspecified atom stereocenters. The van der Waals surface area contributed by atoms with Crippen molar-refractivity contribution in [2.45, 2.75) is 12.8 Å². The first-order chi connectivity index (χ1) is 7.90. The van der Waals surface area contributed by atoms with Crippen LogP contribution in [-0.4, -0.2) is 26.7 Å². The molecule has 0 saturated heterocycles. The molecule has 16 heavy (non-hydrogen) atoms. The van der Waals surface area contributed by atoms with Gasteiger partial charge in [-0.15, -0.1) is 0 Å². The molecular weight excluding hydrogens is 202 g/mol. The fourth-order valence-corrected chi connectivity index (χ4v) is 1.44. The Morgan fingerprint density at radius 2 is 1.88 bits per heavy atom. The van der Waals surface area contributed by atoms with E-state index < -0.39 is 0 Å². The molecule has 0 bridgehead atoms. The Morgan fingerprint density at radius 3 is 2.62 bits per heavy atom. The van der Waals surface area contributed by atoms with Crippen LogP contribution in [0.1, 0.15) is 12.2 Å². The Kier molecular flexibility index (Phi) is 3.56. The molecule has 2 rings (SSSR count). The normalized spacial score (nSPS) is 10.3. The van der Waals surface area contributed by atoms with Gasteiger partial charge < -0.3 is 5.11 Å². The lowest BCUT2D eigenvalue weighted by molar-refractivity contribution is 0.287. The van der Waals surface area contributed by atoms with E-state index in [1.165, 1.54) is 0 Å². The molecule has 0 amide bonds. The first kappa shape index (κ1) is 10.7. The van der Waals surface area contributed by atoms with Crippen molar-refractivity contribution in [3.8, 4) is 11.3 Å². The van der Waals surface area contributed by atoms with Gasteiger partial charge in [0.25, 0.3) is 0 Å². The predicted octanol–water partition coefficient (Wildman–Crippen LogP) is 1.46. The zero-order valence-electron chi connectivity index (χ0n) is 8.87. The SMILES string of the molecule is OCCCc1nccc(-c2ccncc2)n1. The van der Waals surface area contributed by atoms with E-state index in [1.807, 2.05) is 18.2 Å². The van der Waals surface area contributed by atoms with Crippen molar-refractivity contribution in [3.05, 3.63) is 42.6 Å². The Bertz CT molecular complexity index is 445. The van der Waals surface area contributed by atoms with Crippen molar-refractivity contribution in [1.29, 1.82) is 0 Å². The number of aliphatic hydroxyl groups excluding tert-OH is 1. The average molecular weight is 215 g/mol. The van der Waals surface area contributed by atoms with Crippen LogP contribution >= 0.6 is 0 Å². The van der Waals surface area contributed by atoms with Gasteiger partial charge in [-0.2, -0.15) is 0 Å². The van der Waals surface area contributed by atoms with Crippen LogP contribution in [0.2, 0.25) is 0 Å². The first-order valence-electron chi connectivity index (χ1n) is 5.23. The summed E-state index contributed by atoms with van der Waals surface area (Å²) in [6.07, 6.45) is 6.63. The summed E-state index contributed by atoms with van der Waals surface area (Å²) in [6, 6.07) is 5.70. The van der Waals surface area contributed by atoms with Crippen molar-refractivity contribution >= 4 is 0 Å². The highest BCUT2D eigenvalue weighted by Gasteiger charge is 2.01. The smallest absolute Gasteiger partial charge is 0.129 e. The summed E-state index contributed by atoms with van der Waals surface area (Å²) < 4.78 is 0. The molecule has 0 spiro atoms. The third-order valence-corrected chi connectivity index (χ3v) is 2.24. The van der Waals surface area contributed by atoms with Gasteiger partial charge in [-0.1, -0.05) is 0 Å². The van der Waals surface area contributed by atoms with Gasteiger partial charge in [0.1, 0.15) is 5.82 Å². The quantitative estimate of drug-likeness (QED) is 0.838. The highest BCUT2D eigenvalue weighted by molar-refractivity contribution is 5.57. The molecule has 0 saturated carbocycles. The molecule has 4 nitrogen and oxygen atoms in total. The minimum absolute atomic E-state index is 0.169. The highest BCUT2D eigenvalue weighted by Crippen LogP contribution is 2.14. The minimum atomic E-state index is 0.169. The Hall–Kier alpha value is -1.81. The summed E-state index contributed by atoms with van der Waals surface area (Å²) >= 11 is 0. The fourth-order valence-electron chi connectivity index (χ4n) is 1.44. The van der Waals surface area contributed by atoms with Crippen LogP contribution in [0.4, 0.5) is 0 Å². The number of aromatic nitrogens is 3. The number of aliphatic hydroxyl groups is 1. The largest absolute Gasteiger partial charge is 0.396 e. The Morgan fingerprint density at radius 1 is 1.06 bits per heavy atom. The number of nitrogens with zero attached hydrogens (tertiary/aromatic N) is 3. The average Bonchev–Trinajstić information content (AvgIpc) is 2.38. The zero-order valence-corrected chi connectivity index (χ0v) is 8.87. The summed E-state index contributed by atoms with van der Waals surface area (Å²) in [5.41, 5.74) is 1.92. The summed E-state index contributed by atoms with van der Waals surface area (Å²) in [4.78, 5) is 12.6. The number of hydrogen-bond donors (Lipinski definition) is 1. The van der Waals surface area contributed by atoms with Crippen LogP contribution in [0.15, 0.2) is 36.8 Å². The summed E-state index contributed by atoms with van der Waals surface area (Å²) in [6.45, 7) is 0.169. The number of pyridine rings is 1. The van der Waals surface area contributed by atoms with E-state index in [1.54, 1.807) is 18.6 Å². The van der Waals surface area contributed by atoms with Crippen molar-refractivity contribution < 1.29 is 5.11 Å². The van der Waals surface area contributed by atoms with E-state index in [9.17, 15) is 0 Å². The van der Waals surface area contributed by atoms with E-state index in [2.05, 4.69) is 15.0 Å². The van der Waals surface area contributed by atoms with Crippen LogP contribution in [0, 0.1) is 0 Å². The second-order valence-corrected chi connectivity index (χ2v) is 3.42. The van der Waals surface area contributed by atoms with E-state index in [0.29, 0.717) is 12.8 Å². The van der Waals surface area contributed by atoms with Crippen molar-refractivity contribution in [3.63, 3.8) is 0 Å². The molecule has 0 aliphatic rings. The van der Waals surface area contributed by atoms with Gasteiger partial charge in [0.15, 0.2) is 0 Å². The lowest BCUT2D eigenvalue weighted by Gasteiger charge is -2.02. The lowest BCUT2D eigenvalue weighted by atomic mass is 10.2. The van der Waals surface area contributed by atoms with E-state index >= 15 is 0 Å². The van der Waals surface area contributed by atoms with Crippen molar-refractivity contribution in [1.82, 2.24) is 15.0 Å². The molecule has 0 aliphatic carbocycles. The van der Waals surface area contributed by atoms with Crippen molar-refractivity contribution in [2.24, 2.45) is 0 Å². The molecule has 82 valence electrons. The van der Waals surface area contributed by atoms with Gasteiger partial charge in [0.05, 0.1) is 5.69 Å². The van der Waals surface area contributed by atoms with Gasteiger partial charge in [-0.05, 0) is 24.6 Å². The summed E-state index contributed by atoms with van der Waals surface area (Å²) in [5.74, 6) is 0.767. The molecule has 0 fully saturated rings. The molecular formula is C12H13N3O. The molecule has 2 aromatic rings. The van der Waals surface area contributed by atoms with E-state index in [-0.39, 0.29) is 6.61 Å². The van der Waals surface area contributed by atoms with Gasteiger partial charge in [0.2, 0.25) is 0 Å². The van der Waals surface area contributed by atoms with Gasteiger partial charge in [0, 0.05) is 37.2 Å². The standard InChI is InChI=1S/C12H13N3O/c16-9-1-2-12-14-8-5-11(15-12)10-3-6-13-7-4-10/h3-8,16H,1-2,9H2. The van der Waals surface area contributed by atoms with Gasteiger partial charge >= 0.3 is 0 Å². The molecule has 0 aliphatic heterocycles. The van der Waals surface area contributed by atoms with Crippen LogP contribution in [0.5, 0.6) is 0 Å². The van der Waals surface area contributed by atoms with Crippen LogP contribution in [0.25, 0.3) is 11.3 Å². The maximum Gasteiger partial charge on any atom is 0.129 e. The number of hydrogen-bond acceptors (Lipinski definition) is 4. The monoisotopic (exact) mass is 215 g/mol. The first-order valence-corrected chi connectivity index (χ1v) is 5.23. The third kappa shape index (κ3) is 2.61. The minimum Gasteiger partial charge on any atom is -0.396 e. The maximum atomic E-state index is 8.75. The van der Waals surface area contributed by atoms with Gasteiger partial charge in [-0.3, -0.25) is 4.98 Å². The predicted molar refractivity (Wildman–Crippen MR) is 60.7 cm³/mol. The van der Waals surface area contributed by atoms with Crippen molar-refractivity contribution in [2.75, 3.05) is 6.61 Å². The summed E-state index contributed by atoms with van der Waals surface area (Å²) in [7, 11) is 0. The lowest BCUT2D eigenvalue weighted by Crippen LogP contribution is -1.98. The molecule has 0 atom stereocenters. The second kappa shape index (κ2) is 5.32. The maximum absolute atomic E-state index is 8.75. The van der Waals surface area contributed by atoms with E-state index in [4.69, 9.17) is 5.11 Å². The molecule has 2 aromatic heterocycles. The van der Waals surface area contributed by atoms with Crippen LogP contribution in [0.3, 0.4) is 0 Å². The summed E-state index contributed by atoms with van der Waals surface area (Å²) in [5, 5.41) is 8.75. The zero-order chi connectivity index (χ0) is 11.2. The van der Waals surface area contributed by atoms with Crippen LogP contribution < -0.4 is 0 Å². The number of rotatable bonds is 4. The molecule has 0 radical (unpaired) electrons. The molecule has 2 heterocycles. The third-order valence-electron chi connectivity index (χ3n) is 2.24. The Balaban J connectivity index is 2.22. The van der Waals surface area contributed by atoms with Gasteiger partial charge in [-0.25, -0.2) is 9.97 Å². The topological polar surface area (TPSA) is 58.9 Å². The number of aryl methyl sites for hydroxylation is 1. The molecule has 4 heteroatoms. The molecule has 1 N–H and O–H groups in total. The van der Waals surface area contributed by atoms with E-state index in [0.717, 1.165) is 17.1 Å². The highest BCUT2D eigenvalue weighted by atomic mass is 16.2. The fraction of sp³-hybridized carbons (Fsp3) is 0.250. The second-order valence-electron chi connectivity index (χ2n) is 3.42. The van der Waals surface area contributed by atoms with Crippen LogP contribution in [-0.2, 0) is 6.42 Å². The molecule has 0 aromatic carbocycles.